The van der Waals surface area contributed by atoms with Crippen molar-refractivity contribution in [3.05, 3.63) is 0 Å². The molecule has 1 amide bonds. The fourth-order valence-electron chi connectivity index (χ4n) is 1.40. The summed E-state index contributed by atoms with van der Waals surface area (Å²) in [6, 6.07) is 0. The second-order valence-electron chi connectivity index (χ2n) is 5.04. The topological polar surface area (TPSA) is 75.6 Å². The third-order valence-corrected chi connectivity index (χ3v) is 2.15. The van der Waals surface area contributed by atoms with Gasteiger partial charge in [0.2, 0.25) is 0 Å². The molecule has 17 heavy (non-hydrogen) atoms. The highest BCUT2D eigenvalue weighted by atomic mass is 16.6. The molecule has 0 spiro atoms. The minimum atomic E-state index is -0.808. The van der Waals surface area contributed by atoms with Crippen LogP contribution in [-0.4, -0.2) is 29.3 Å². The number of nitrogens with one attached hydrogen (secondary N) is 1. The monoisotopic (exact) mass is 245 g/mol. The summed E-state index contributed by atoms with van der Waals surface area (Å²) in [5.41, 5.74) is -0.528. The standard InChI is InChI=1S/C12H23NO4/c1-5-6-9(10(14)15)7-8-13-11(16)17-12(2,3)4/h9H,5-8H2,1-4H3,(H,13,16)(H,14,15). The highest BCUT2D eigenvalue weighted by Gasteiger charge is 2.18. The first kappa shape index (κ1) is 15.7. The van der Waals surface area contributed by atoms with Crippen molar-refractivity contribution in [1.29, 1.82) is 0 Å². The molecule has 0 aromatic heterocycles. The molecule has 5 heteroatoms. The number of carbonyl (C=O) groups excluding carboxylic acids is 1. The molecular formula is C12H23NO4. The first-order valence-electron chi connectivity index (χ1n) is 5.96. The van der Waals surface area contributed by atoms with Gasteiger partial charge in [-0.25, -0.2) is 4.79 Å². The summed E-state index contributed by atoms with van der Waals surface area (Å²) in [6.07, 6.45) is 1.38. The van der Waals surface area contributed by atoms with Crippen molar-refractivity contribution in [3.8, 4) is 0 Å². The van der Waals surface area contributed by atoms with Crippen molar-refractivity contribution < 1.29 is 19.4 Å². The predicted octanol–water partition coefficient (Wildman–Crippen LogP) is 2.40. The zero-order valence-electron chi connectivity index (χ0n) is 11.1. The van der Waals surface area contributed by atoms with E-state index in [1.54, 1.807) is 20.8 Å². The van der Waals surface area contributed by atoms with Crippen molar-refractivity contribution in [2.45, 2.75) is 52.6 Å². The molecule has 0 aliphatic carbocycles. The third-order valence-electron chi connectivity index (χ3n) is 2.15. The van der Waals surface area contributed by atoms with Crippen molar-refractivity contribution in [1.82, 2.24) is 5.32 Å². The Morgan fingerprint density at radius 1 is 1.29 bits per heavy atom. The Morgan fingerprint density at radius 3 is 2.29 bits per heavy atom. The average molecular weight is 245 g/mol. The molecule has 2 N–H and O–H groups in total. The number of hydrogen-bond acceptors (Lipinski definition) is 3. The zero-order valence-corrected chi connectivity index (χ0v) is 11.1. The molecule has 0 saturated heterocycles. The summed E-state index contributed by atoms with van der Waals surface area (Å²) >= 11 is 0. The SMILES string of the molecule is CCCC(CCNC(=O)OC(C)(C)C)C(=O)O. The summed E-state index contributed by atoms with van der Waals surface area (Å²) < 4.78 is 5.04. The van der Waals surface area contributed by atoms with E-state index in [1.165, 1.54) is 0 Å². The molecule has 0 rings (SSSR count). The molecule has 0 radical (unpaired) electrons. The maximum absolute atomic E-state index is 11.3. The van der Waals surface area contributed by atoms with E-state index in [9.17, 15) is 9.59 Å². The van der Waals surface area contributed by atoms with Crippen LogP contribution in [0.2, 0.25) is 0 Å². The van der Waals surface area contributed by atoms with Crippen LogP contribution in [-0.2, 0) is 9.53 Å². The van der Waals surface area contributed by atoms with Crippen LogP contribution >= 0.6 is 0 Å². The lowest BCUT2D eigenvalue weighted by molar-refractivity contribution is -0.142. The Labute approximate surface area is 103 Å². The maximum atomic E-state index is 11.3. The smallest absolute Gasteiger partial charge is 0.407 e. The predicted molar refractivity (Wildman–Crippen MR) is 64.9 cm³/mol. The highest BCUT2D eigenvalue weighted by molar-refractivity contribution is 5.70. The average Bonchev–Trinajstić information content (AvgIpc) is 2.13. The van der Waals surface area contributed by atoms with Crippen molar-refractivity contribution >= 4 is 12.1 Å². The summed E-state index contributed by atoms with van der Waals surface area (Å²) in [5, 5.41) is 11.5. The number of hydrogen-bond donors (Lipinski definition) is 2. The first-order chi connectivity index (χ1) is 7.76. The van der Waals surface area contributed by atoms with Gasteiger partial charge in [0.1, 0.15) is 5.60 Å². The molecule has 0 aromatic rings. The Kier molecular flexibility index (Phi) is 6.61. The van der Waals surface area contributed by atoms with Gasteiger partial charge < -0.3 is 15.2 Å². The van der Waals surface area contributed by atoms with E-state index in [4.69, 9.17) is 9.84 Å². The minimum Gasteiger partial charge on any atom is -0.481 e. The Bertz CT molecular complexity index is 258. The second kappa shape index (κ2) is 7.14. The van der Waals surface area contributed by atoms with Gasteiger partial charge in [0.25, 0.3) is 0 Å². The minimum absolute atomic E-state index is 0.325. The molecule has 0 heterocycles. The normalized spacial score (nSPS) is 12.9. The van der Waals surface area contributed by atoms with E-state index in [2.05, 4.69) is 5.32 Å². The van der Waals surface area contributed by atoms with Gasteiger partial charge in [0.15, 0.2) is 0 Å². The summed E-state index contributed by atoms with van der Waals surface area (Å²) in [7, 11) is 0. The Morgan fingerprint density at radius 2 is 1.88 bits per heavy atom. The van der Waals surface area contributed by atoms with E-state index < -0.39 is 23.6 Å². The maximum Gasteiger partial charge on any atom is 0.407 e. The van der Waals surface area contributed by atoms with Gasteiger partial charge in [0.05, 0.1) is 5.92 Å². The van der Waals surface area contributed by atoms with Gasteiger partial charge in [-0.3, -0.25) is 4.79 Å². The highest BCUT2D eigenvalue weighted by Crippen LogP contribution is 2.11. The third kappa shape index (κ3) is 8.54. The fourth-order valence-corrected chi connectivity index (χ4v) is 1.40. The Hall–Kier alpha value is -1.26. The summed E-state index contributed by atoms with van der Waals surface area (Å²) in [4.78, 5) is 22.1. The van der Waals surface area contributed by atoms with Crippen LogP contribution in [0.4, 0.5) is 4.79 Å². The van der Waals surface area contributed by atoms with Crippen molar-refractivity contribution in [2.75, 3.05) is 6.54 Å². The lowest BCUT2D eigenvalue weighted by Gasteiger charge is -2.20. The number of carboxylic acids is 1. The van der Waals surface area contributed by atoms with Crippen LogP contribution < -0.4 is 5.32 Å². The molecule has 0 aromatic carbocycles. The lowest BCUT2D eigenvalue weighted by atomic mass is 10.0. The first-order valence-corrected chi connectivity index (χ1v) is 5.96. The second-order valence-corrected chi connectivity index (χ2v) is 5.04. The van der Waals surface area contributed by atoms with E-state index in [0.717, 1.165) is 6.42 Å². The van der Waals surface area contributed by atoms with Gasteiger partial charge in [-0.2, -0.15) is 0 Å². The van der Waals surface area contributed by atoms with Gasteiger partial charge >= 0.3 is 12.1 Å². The van der Waals surface area contributed by atoms with E-state index in [0.29, 0.717) is 19.4 Å². The van der Waals surface area contributed by atoms with Crippen LogP contribution in [0.15, 0.2) is 0 Å². The largest absolute Gasteiger partial charge is 0.481 e. The molecule has 1 unspecified atom stereocenters. The van der Waals surface area contributed by atoms with Crippen LogP contribution in [0, 0.1) is 5.92 Å². The molecular weight excluding hydrogens is 222 g/mol. The van der Waals surface area contributed by atoms with Gasteiger partial charge in [-0.1, -0.05) is 13.3 Å². The van der Waals surface area contributed by atoms with Crippen molar-refractivity contribution in [3.63, 3.8) is 0 Å². The molecule has 0 aliphatic rings. The van der Waals surface area contributed by atoms with E-state index in [1.807, 2.05) is 6.92 Å². The number of rotatable bonds is 6. The number of aliphatic carboxylic acids is 1. The lowest BCUT2D eigenvalue weighted by Crippen LogP contribution is -2.34. The number of carboxylic acid groups (broad SMARTS) is 1. The van der Waals surface area contributed by atoms with Crippen LogP contribution in [0.1, 0.15) is 47.0 Å². The van der Waals surface area contributed by atoms with Crippen LogP contribution in [0.25, 0.3) is 0 Å². The molecule has 0 aliphatic heterocycles. The molecule has 0 fully saturated rings. The summed E-state index contributed by atoms with van der Waals surface area (Å²) in [6.45, 7) is 7.61. The fraction of sp³-hybridized carbons (Fsp3) is 0.833. The number of amides is 1. The number of ether oxygens (including phenoxy) is 1. The zero-order chi connectivity index (χ0) is 13.5. The van der Waals surface area contributed by atoms with E-state index in [-0.39, 0.29) is 0 Å². The number of alkyl carbamates (subject to hydrolysis) is 1. The van der Waals surface area contributed by atoms with Crippen LogP contribution in [0.3, 0.4) is 0 Å². The van der Waals surface area contributed by atoms with E-state index >= 15 is 0 Å². The van der Waals surface area contributed by atoms with Crippen molar-refractivity contribution in [2.24, 2.45) is 5.92 Å². The molecule has 100 valence electrons. The molecule has 5 nitrogen and oxygen atoms in total. The Balaban J connectivity index is 3.88. The summed E-state index contributed by atoms with van der Waals surface area (Å²) in [5.74, 6) is -1.20. The quantitative estimate of drug-likeness (QED) is 0.753. The van der Waals surface area contributed by atoms with Gasteiger partial charge in [-0.05, 0) is 33.6 Å². The molecule has 1 atom stereocenters. The van der Waals surface area contributed by atoms with Gasteiger partial charge in [0, 0.05) is 6.54 Å². The molecule has 0 bridgehead atoms. The van der Waals surface area contributed by atoms with Crippen LogP contribution in [0.5, 0.6) is 0 Å². The van der Waals surface area contributed by atoms with Gasteiger partial charge in [-0.15, -0.1) is 0 Å². The number of carbonyl (C=O) groups is 2. The molecule has 0 saturated carbocycles.